The van der Waals surface area contributed by atoms with Gasteiger partial charge in [0.05, 0.1) is 16.3 Å². The minimum Gasteiger partial charge on any atom is -0.454 e. The molecule has 1 heterocycles. The van der Waals surface area contributed by atoms with Gasteiger partial charge in [0.15, 0.2) is 17.3 Å². The van der Waals surface area contributed by atoms with Gasteiger partial charge < -0.3 is 20.1 Å². The predicted octanol–water partition coefficient (Wildman–Crippen LogP) is 4.32. The number of hydrogen-bond acceptors (Lipinski definition) is 5. The third-order valence-electron chi connectivity index (χ3n) is 4.56. The number of hydrogen-bond donors (Lipinski definition) is 2. The van der Waals surface area contributed by atoms with Crippen molar-refractivity contribution in [1.29, 1.82) is 0 Å². The van der Waals surface area contributed by atoms with Crippen LogP contribution >= 0.6 is 23.2 Å². The van der Waals surface area contributed by atoms with Gasteiger partial charge in [0.1, 0.15) is 6.04 Å². The van der Waals surface area contributed by atoms with Gasteiger partial charge in [-0.1, -0.05) is 37.0 Å². The van der Waals surface area contributed by atoms with Gasteiger partial charge >= 0.3 is 0 Å². The van der Waals surface area contributed by atoms with E-state index in [1.165, 1.54) is 31.2 Å². The van der Waals surface area contributed by atoms with Crippen LogP contribution in [0.15, 0.2) is 30.3 Å². The number of ketones is 1. The van der Waals surface area contributed by atoms with Crippen LogP contribution in [0.5, 0.6) is 11.5 Å². The highest BCUT2D eigenvalue weighted by Gasteiger charge is 2.28. The molecule has 158 valence electrons. The van der Waals surface area contributed by atoms with E-state index in [-0.39, 0.29) is 40.3 Å². The fraction of sp³-hybridized carbons (Fsp3) is 0.286. The largest absolute Gasteiger partial charge is 0.454 e. The minimum atomic E-state index is -0.880. The van der Waals surface area contributed by atoms with E-state index in [9.17, 15) is 14.4 Å². The number of nitrogens with one attached hydrogen (secondary N) is 2. The van der Waals surface area contributed by atoms with Crippen molar-refractivity contribution in [3.05, 3.63) is 51.5 Å². The van der Waals surface area contributed by atoms with Crippen LogP contribution in [0.4, 0.5) is 5.69 Å². The lowest BCUT2D eigenvalue weighted by atomic mass is 10.0. The number of ether oxygens (including phenoxy) is 2. The summed E-state index contributed by atoms with van der Waals surface area (Å²) in [5.74, 6) is -0.623. The molecule has 2 amide bonds. The Balaban J connectivity index is 1.83. The molecule has 0 saturated carbocycles. The monoisotopic (exact) mass is 450 g/mol. The third kappa shape index (κ3) is 4.68. The standard InChI is InChI=1S/C21H20Cl2N2O5/c1-10(2)19(25-20(27)13-5-4-12(22)6-15(13)23)21(28)24-16-8-18-17(29-9-30-18)7-14(16)11(3)26/h4-8,10,19H,9H2,1-3H3,(H,24,28)(H,25,27)/t19-/m1/s1. The number of amides is 2. The van der Waals surface area contributed by atoms with E-state index in [1.807, 2.05) is 0 Å². The first-order valence-electron chi connectivity index (χ1n) is 9.18. The summed E-state index contributed by atoms with van der Waals surface area (Å²) in [6, 6.07) is 6.66. The van der Waals surface area contributed by atoms with Crippen molar-refractivity contribution in [2.75, 3.05) is 12.1 Å². The fourth-order valence-corrected chi connectivity index (χ4v) is 3.47. The topological polar surface area (TPSA) is 93.7 Å². The zero-order valence-corrected chi connectivity index (χ0v) is 18.1. The van der Waals surface area contributed by atoms with Crippen molar-refractivity contribution in [3.8, 4) is 11.5 Å². The Hall–Kier alpha value is -2.77. The highest BCUT2D eigenvalue weighted by atomic mass is 35.5. The molecule has 2 aromatic rings. The van der Waals surface area contributed by atoms with Crippen molar-refractivity contribution >= 4 is 46.5 Å². The van der Waals surface area contributed by atoms with Crippen LogP contribution in [0.1, 0.15) is 41.5 Å². The molecule has 1 aliphatic heterocycles. The molecule has 2 N–H and O–H groups in total. The van der Waals surface area contributed by atoms with Crippen LogP contribution in [0.25, 0.3) is 0 Å². The molecule has 2 aromatic carbocycles. The molecule has 0 fully saturated rings. The Morgan fingerprint density at radius 3 is 2.27 bits per heavy atom. The molecule has 0 saturated heterocycles. The zero-order chi connectivity index (χ0) is 22.0. The summed E-state index contributed by atoms with van der Waals surface area (Å²) in [4.78, 5) is 37.7. The summed E-state index contributed by atoms with van der Waals surface area (Å²) < 4.78 is 10.6. The van der Waals surface area contributed by atoms with Gasteiger partial charge in [-0.2, -0.15) is 0 Å². The summed E-state index contributed by atoms with van der Waals surface area (Å²) in [5.41, 5.74) is 0.760. The quantitative estimate of drug-likeness (QED) is 0.639. The van der Waals surface area contributed by atoms with Gasteiger partial charge in [-0.3, -0.25) is 14.4 Å². The molecule has 9 heteroatoms. The SMILES string of the molecule is CC(=O)c1cc2c(cc1NC(=O)[C@H](NC(=O)c1ccc(Cl)cc1Cl)C(C)C)OCO2. The molecule has 0 radical (unpaired) electrons. The molecule has 30 heavy (non-hydrogen) atoms. The van der Waals surface area contributed by atoms with Crippen LogP contribution in [0, 0.1) is 5.92 Å². The summed E-state index contributed by atoms with van der Waals surface area (Å²) in [7, 11) is 0. The maximum absolute atomic E-state index is 13.0. The lowest BCUT2D eigenvalue weighted by Crippen LogP contribution is -2.47. The highest BCUT2D eigenvalue weighted by Crippen LogP contribution is 2.37. The van der Waals surface area contributed by atoms with E-state index in [1.54, 1.807) is 19.9 Å². The van der Waals surface area contributed by atoms with E-state index in [4.69, 9.17) is 32.7 Å². The van der Waals surface area contributed by atoms with Gasteiger partial charge in [0.25, 0.3) is 5.91 Å². The molecule has 0 aromatic heterocycles. The second-order valence-electron chi connectivity index (χ2n) is 7.12. The average Bonchev–Trinajstić information content (AvgIpc) is 3.12. The van der Waals surface area contributed by atoms with Crippen LogP contribution in [0.3, 0.4) is 0 Å². The lowest BCUT2D eigenvalue weighted by Gasteiger charge is -2.22. The van der Waals surface area contributed by atoms with Crippen LogP contribution in [-0.2, 0) is 4.79 Å². The van der Waals surface area contributed by atoms with Gasteiger partial charge in [0, 0.05) is 16.7 Å². The van der Waals surface area contributed by atoms with Crippen molar-refractivity contribution < 1.29 is 23.9 Å². The second kappa shape index (κ2) is 8.93. The van der Waals surface area contributed by atoms with E-state index in [0.717, 1.165) is 0 Å². The number of carbonyl (C=O) groups is 3. The Labute approximate surface area is 183 Å². The molecule has 0 unspecified atom stereocenters. The Morgan fingerprint density at radius 1 is 1.00 bits per heavy atom. The van der Waals surface area contributed by atoms with E-state index < -0.39 is 17.9 Å². The molecular weight excluding hydrogens is 431 g/mol. The first kappa shape index (κ1) is 21.9. The summed E-state index contributed by atoms with van der Waals surface area (Å²) >= 11 is 12.0. The normalized spacial score (nSPS) is 13.1. The molecule has 0 spiro atoms. The van der Waals surface area contributed by atoms with Crippen molar-refractivity contribution in [2.45, 2.75) is 26.8 Å². The third-order valence-corrected chi connectivity index (χ3v) is 5.11. The number of rotatable bonds is 6. The number of benzene rings is 2. The zero-order valence-electron chi connectivity index (χ0n) is 16.5. The lowest BCUT2D eigenvalue weighted by molar-refractivity contribution is -0.118. The maximum Gasteiger partial charge on any atom is 0.253 e. The van der Waals surface area contributed by atoms with Crippen LogP contribution in [-0.4, -0.2) is 30.4 Å². The summed E-state index contributed by atoms with van der Waals surface area (Å²) in [5, 5.41) is 5.99. The number of halogens is 2. The predicted molar refractivity (Wildman–Crippen MR) is 114 cm³/mol. The summed E-state index contributed by atoms with van der Waals surface area (Å²) in [6.07, 6.45) is 0. The fourth-order valence-electron chi connectivity index (χ4n) is 2.97. The molecule has 1 atom stereocenters. The Bertz CT molecular complexity index is 1020. The highest BCUT2D eigenvalue weighted by molar-refractivity contribution is 6.36. The van der Waals surface area contributed by atoms with E-state index in [0.29, 0.717) is 16.5 Å². The van der Waals surface area contributed by atoms with Gasteiger partial charge in [-0.15, -0.1) is 0 Å². The van der Waals surface area contributed by atoms with Gasteiger partial charge in [0.2, 0.25) is 12.7 Å². The second-order valence-corrected chi connectivity index (χ2v) is 7.96. The van der Waals surface area contributed by atoms with E-state index in [2.05, 4.69) is 10.6 Å². The van der Waals surface area contributed by atoms with Crippen LogP contribution in [0.2, 0.25) is 10.0 Å². The molecule has 3 rings (SSSR count). The van der Waals surface area contributed by atoms with Gasteiger partial charge in [-0.25, -0.2) is 0 Å². The van der Waals surface area contributed by atoms with Crippen molar-refractivity contribution in [1.82, 2.24) is 5.32 Å². The molecule has 0 aliphatic carbocycles. The minimum absolute atomic E-state index is 0.0383. The Morgan fingerprint density at radius 2 is 1.67 bits per heavy atom. The smallest absolute Gasteiger partial charge is 0.253 e. The van der Waals surface area contributed by atoms with Crippen molar-refractivity contribution in [2.24, 2.45) is 5.92 Å². The van der Waals surface area contributed by atoms with E-state index >= 15 is 0 Å². The number of fused-ring (bicyclic) bond motifs is 1. The first-order chi connectivity index (χ1) is 14.2. The number of anilines is 1. The average molecular weight is 451 g/mol. The first-order valence-corrected chi connectivity index (χ1v) is 9.94. The van der Waals surface area contributed by atoms with Crippen LogP contribution < -0.4 is 20.1 Å². The van der Waals surface area contributed by atoms with Crippen molar-refractivity contribution in [3.63, 3.8) is 0 Å². The Kier molecular flexibility index (Phi) is 6.53. The summed E-state index contributed by atoms with van der Waals surface area (Å²) in [6.45, 7) is 5.01. The molecule has 7 nitrogen and oxygen atoms in total. The van der Waals surface area contributed by atoms with Gasteiger partial charge in [-0.05, 0) is 37.1 Å². The number of Topliss-reactive ketones (excluding diaryl/α,β-unsaturated/α-hetero) is 1. The number of carbonyl (C=O) groups excluding carboxylic acids is 3. The maximum atomic E-state index is 13.0. The molecular formula is C21H20Cl2N2O5. The molecule has 0 bridgehead atoms. The molecule has 1 aliphatic rings.